The molecule has 0 saturated carbocycles. The summed E-state index contributed by atoms with van der Waals surface area (Å²) in [4.78, 5) is 0. The average molecular weight is 298 g/mol. The lowest BCUT2D eigenvalue weighted by Gasteiger charge is -2.26. The van der Waals surface area contributed by atoms with E-state index in [0.717, 1.165) is 11.1 Å². The van der Waals surface area contributed by atoms with Crippen molar-refractivity contribution in [1.29, 1.82) is 0 Å². The number of benzene rings is 2. The fourth-order valence-electron chi connectivity index (χ4n) is 1.99. The van der Waals surface area contributed by atoms with Gasteiger partial charge < -0.3 is 5.73 Å². The lowest BCUT2D eigenvalue weighted by Crippen LogP contribution is -2.35. The molecule has 1 atom stereocenters. The summed E-state index contributed by atoms with van der Waals surface area (Å²) in [6, 6.07) is 11.7. The van der Waals surface area contributed by atoms with Crippen LogP contribution in [-0.4, -0.2) is 0 Å². The van der Waals surface area contributed by atoms with Gasteiger partial charge in [-0.05, 0) is 48.7 Å². The minimum Gasteiger partial charge on any atom is -0.321 e. The highest BCUT2D eigenvalue weighted by atomic mass is 35.5. The van der Waals surface area contributed by atoms with Crippen molar-refractivity contribution in [2.24, 2.45) is 5.73 Å². The van der Waals surface area contributed by atoms with Gasteiger partial charge in [0.1, 0.15) is 5.82 Å². The van der Waals surface area contributed by atoms with Crippen molar-refractivity contribution in [3.8, 4) is 0 Å². The van der Waals surface area contributed by atoms with E-state index in [1.165, 1.54) is 12.1 Å². The monoisotopic (exact) mass is 297 g/mol. The Labute approximate surface area is 122 Å². The Bertz CT molecular complexity index is 579. The topological polar surface area (TPSA) is 26.0 Å². The van der Waals surface area contributed by atoms with Crippen molar-refractivity contribution in [1.82, 2.24) is 0 Å². The van der Waals surface area contributed by atoms with Gasteiger partial charge in [-0.3, -0.25) is 0 Å². The lowest BCUT2D eigenvalue weighted by molar-refractivity contribution is 0.491. The molecule has 0 saturated heterocycles. The summed E-state index contributed by atoms with van der Waals surface area (Å²) in [7, 11) is 0. The molecule has 100 valence electrons. The summed E-state index contributed by atoms with van der Waals surface area (Å²) in [5, 5.41) is 1.06. The zero-order valence-electron chi connectivity index (χ0n) is 10.5. The summed E-state index contributed by atoms with van der Waals surface area (Å²) >= 11 is 11.9. The molecule has 0 aromatic heterocycles. The molecule has 1 nitrogen and oxygen atoms in total. The third-order valence-corrected chi connectivity index (χ3v) is 3.68. The molecule has 2 N–H and O–H groups in total. The molecule has 2 rings (SSSR count). The van der Waals surface area contributed by atoms with E-state index in [2.05, 4.69) is 0 Å². The summed E-state index contributed by atoms with van der Waals surface area (Å²) in [6.45, 7) is 1.91. The molecule has 0 radical (unpaired) electrons. The highest BCUT2D eigenvalue weighted by Crippen LogP contribution is 2.27. The average Bonchev–Trinajstić information content (AvgIpc) is 2.33. The normalized spacial score (nSPS) is 14.2. The van der Waals surface area contributed by atoms with Gasteiger partial charge in [0.2, 0.25) is 0 Å². The minimum absolute atomic E-state index is 0.348. The second-order valence-corrected chi connectivity index (χ2v) is 5.68. The van der Waals surface area contributed by atoms with E-state index in [-0.39, 0.29) is 5.82 Å². The highest BCUT2D eigenvalue weighted by molar-refractivity contribution is 6.31. The molecular weight excluding hydrogens is 284 g/mol. The number of rotatable bonds is 3. The van der Waals surface area contributed by atoms with Crippen LogP contribution in [0.5, 0.6) is 0 Å². The summed E-state index contributed by atoms with van der Waals surface area (Å²) in [6.07, 6.45) is 0.522. The fraction of sp³-hybridized carbons (Fsp3) is 0.200. The second kappa shape index (κ2) is 5.49. The lowest BCUT2D eigenvalue weighted by atomic mass is 9.86. The van der Waals surface area contributed by atoms with Gasteiger partial charge in [0.25, 0.3) is 0 Å². The Kier molecular flexibility index (Phi) is 4.14. The number of hydrogen-bond acceptors (Lipinski definition) is 1. The van der Waals surface area contributed by atoms with Crippen molar-refractivity contribution in [2.45, 2.75) is 18.9 Å². The van der Waals surface area contributed by atoms with E-state index >= 15 is 0 Å². The van der Waals surface area contributed by atoms with Crippen molar-refractivity contribution >= 4 is 23.2 Å². The van der Waals surface area contributed by atoms with Crippen LogP contribution in [0.4, 0.5) is 4.39 Å². The molecule has 0 heterocycles. The Hall–Kier alpha value is -1.09. The summed E-state index contributed by atoms with van der Waals surface area (Å²) < 4.78 is 13.0. The molecule has 19 heavy (non-hydrogen) atoms. The maximum absolute atomic E-state index is 13.0. The van der Waals surface area contributed by atoms with Crippen molar-refractivity contribution in [2.75, 3.05) is 0 Å². The van der Waals surface area contributed by atoms with Gasteiger partial charge >= 0.3 is 0 Å². The number of nitrogens with two attached hydrogens (primary N) is 1. The van der Waals surface area contributed by atoms with Crippen LogP contribution >= 0.6 is 23.2 Å². The smallest absolute Gasteiger partial charge is 0.124 e. The van der Waals surface area contributed by atoms with E-state index in [4.69, 9.17) is 28.9 Å². The van der Waals surface area contributed by atoms with E-state index in [9.17, 15) is 4.39 Å². The third kappa shape index (κ3) is 3.47. The molecule has 0 spiro atoms. The van der Waals surface area contributed by atoms with Crippen molar-refractivity contribution in [3.05, 3.63) is 69.5 Å². The van der Waals surface area contributed by atoms with Gasteiger partial charge in [0, 0.05) is 15.6 Å². The van der Waals surface area contributed by atoms with Crippen LogP contribution in [0, 0.1) is 5.82 Å². The summed E-state index contributed by atoms with van der Waals surface area (Å²) in [5.41, 5.74) is 7.52. The number of hydrogen-bond donors (Lipinski definition) is 1. The molecule has 2 aromatic carbocycles. The first-order valence-corrected chi connectivity index (χ1v) is 6.63. The first kappa shape index (κ1) is 14.3. The highest BCUT2D eigenvalue weighted by Gasteiger charge is 2.22. The Balaban J connectivity index is 2.27. The Morgan fingerprint density at radius 3 is 2.32 bits per heavy atom. The van der Waals surface area contributed by atoms with Gasteiger partial charge in [0.05, 0.1) is 0 Å². The van der Waals surface area contributed by atoms with Gasteiger partial charge in [-0.2, -0.15) is 0 Å². The molecule has 0 bridgehead atoms. The minimum atomic E-state index is -0.591. The second-order valence-electron chi connectivity index (χ2n) is 4.84. The van der Waals surface area contributed by atoms with E-state index < -0.39 is 5.54 Å². The Morgan fingerprint density at radius 1 is 1.11 bits per heavy atom. The maximum atomic E-state index is 13.0. The van der Waals surface area contributed by atoms with Crippen LogP contribution in [-0.2, 0) is 12.0 Å². The predicted octanol–water partition coefficient (Wildman–Crippen LogP) is 4.55. The van der Waals surface area contributed by atoms with Crippen LogP contribution in [0.25, 0.3) is 0 Å². The van der Waals surface area contributed by atoms with Crippen LogP contribution in [0.1, 0.15) is 18.1 Å². The SMILES string of the molecule is CC(N)(Cc1ccc(F)cc1Cl)c1ccc(Cl)cc1. The standard InChI is InChI=1S/C15H14Cl2FN/c1-15(19,11-3-5-12(16)6-4-11)9-10-2-7-13(18)8-14(10)17/h2-8H,9,19H2,1H3. The van der Waals surface area contributed by atoms with Crippen molar-refractivity contribution in [3.63, 3.8) is 0 Å². The van der Waals surface area contributed by atoms with Gasteiger partial charge in [-0.15, -0.1) is 0 Å². The molecule has 0 aliphatic carbocycles. The molecular formula is C15H14Cl2FN. The van der Waals surface area contributed by atoms with E-state index in [1.807, 2.05) is 19.1 Å². The molecule has 0 fully saturated rings. The summed E-state index contributed by atoms with van der Waals surface area (Å²) in [5.74, 6) is -0.348. The Morgan fingerprint density at radius 2 is 1.74 bits per heavy atom. The maximum Gasteiger partial charge on any atom is 0.124 e. The first-order chi connectivity index (χ1) is 8.88. The van der Waals surface area contributed by atoms with Gasteiger partial charge in [0.15, 0.2) is 0 Å². The molecule has 1 unspecified atom stereocenters. The van der Waals surface area contributed by atoms with Crippen LogP contribution < -0.4 is 5.73 Å². The van der Waals surface area contributed by atoms with Crippen LogP contribution in [0.15, 0.2) is 42.5 Å². The predicted molar refractivity (Wildman–Crippen MR) is 78.1 cm³/mol. The van der Waals surface area contributed by atoms with Crippen LogP contribution in [0.2, 0.25) is 10.0 Å². The van der Waals surface area contributed by atoms with E-state index in [1.54, 1.807) is 18.2 Å². The molecule has 0 aliphatic rings. The molecule has 2 aromatic rings. The first-order valence-electron chi connectivity index (χ1n) is 5.87. The molecule has 0 aliphatic heterocycles. The largest absolute Gasteiger partial charge is 0.321 e. The van der Waals surface area contributed by atoms with Crippen LogP contribution in [0.3, 0.4) is 0 Å². The van der Waals surface area contributed by atoms with Gasteiger partial charge in [-0.25, -0.2) is 4.39 Å². The van der Waals surface area contributed by atoms with E-state index in [0.29, 0.717) is 16.5 Å². The quantitative estimate of drug-likeness (QED) is 0.884. The zero-order valence-corrected chi connectivity index (χ0v) is 12.0. The third-order valence-electron chi connectivity index (χ3n) is 3.08. The van der Waals surface area contributed by atoms with Crippen molar-refractivity contribution < 1.29 is 4.39 Å². The molecule has 0 amide bonds. The number of halogens is 3. The van der Waals surface area contributed by atoms with Gasteiger partial charge in [-0.1, -0.05) is 41.4 Å². The fourth-order valence-corrected chi connectivity index (χ4v) is 2.35. The molecule has 4 heteroatoms. The zero-order chi connectivity index (χ0) is 14.0.